The molecule has 1 aromatic rings. The quantitative estimate of drug-likeness (QED) is 0.890. The molecule has 0 atom stereocenters. The summed E-state index contributed by atoms with van der Waals surface area (Å²) in [6, 6.07) is 2.10. The summed E-state index contributed by atoms with van der Waals surface area (Å²) in [6.07, 6.45) is 0.554. The van der Waals surface area contributed by atoms with Gasteiger partial charge in [0, 0.05) is 30.4 Å². The second kappa shape index (κ2) is 6.34. The monoisotopic (exact) mass is 268 g/mol. The minimum Gasteiger partial charge on any atom is -0.341 e. The molecule has 0 radical (unpaired) electrons. The van der Waals surface area contributed by atoms with Crippen LogP contribution in [0.25, 0.3) is 0 Å². The third kappa shape index (κ3) is 5.19. The van der Waals surface area contributed by atoms with Gasteiger partial charge < -0.3 is 10.2 Å². The number of nitrogens with one attached hydrogen (secondary N) is 1. The Kier molecular flexibility index (Phi) is 5.35. The van der Waals surface area contributed by atoms with Crippen LogP contribution in [0.15, 0.2) is 11.4 Å². The van der Waals surface area contributed by atoms with Crippen molar-refractivity contribution in [1.29, 1.82) is 0 Å². The molecule has 1 rings (SSSR count). The summed E-state index contributed by atoms with van der Waals surface area (Å²) in [6.45, 7) is 9.86. The fraction of sp³-hybridized carbons (Fsp3) is 0.643. The molecule has 1 N–H and O–H groups in total. The molecular weight excluding hydrogens is 244 g/mol. The van der Waals surface area contributed by atoms with E-state index >= 15 is 0 Å². The number of rotatable bonds is 5. The van der Waals surface area contributed by atoms with Crippen molar-refractivity contribution in [2.24, 2.45) is 0 Å². The van der Waals surface area contributed by atoms with Crippen molar-refractivity contribution in [2.45, 2.75) is 46.2 Å². The van der Waals surface area contributed by atoms with Crippen LogP contribution in [0.2, 0.25) is 0 Å². The molecule has 0 saturated carbocycles. The van der Waals surface area contributed by atoms with E-state index in [1.165, 1.54) is 10.4 Å². The van der Waals surface area contributed by atoms with Gasteiger partial charge in [-0.3, -0.25) is 4.79 Å². The van der Waals surface area contributed by atoms with E-state index in [-0.39, 0.29) is 11.4 Å². The Morgan fingerprint density at radius 2 is 2.11 bits per heavy atom. The third-order valence-corrected chi connectivity index (χ3v) is 3.78. The maximum Gasteiger partial charge on any atom is 0.223 e. The Bertz CT molecular complexity index is 393. The summed E-state index contributed by atoms with van der Waals surface area (Å²) in [4.78, 5) is 15.0. The van der Waals surface area contributed by atoms with E-state index in [1.807, 2.05) is 11.9 Å². The van der Waals surface area contributed by atoms with E-state index in [0.717, 1.165) is 13.1 Å². The highest BCUT2D eigenvalue weighted by Gasteiger charge is 2.13. The molecule has 0 saturated heterocycles. The van der Waals surface area contributed by atoms with Crippen molar-refractivity contribution in [3.63, 3.8) is 0 Å². The Balaban J connectivity index is 2.36. The van der Waals surface area contributed by atoms with Crippen LogP contribution in [0.5, 0.6) is 0 Å². The molecule has 0 unspecified atom stereocenters. The summed E-state index contributed by atoms with van der Waals surface area (Å²) in [5.74, 6) is 0.194. The smallest absolute Gasteiger partial charge is 0.223 e. The van der Waals surface area contributed by atoms with Gasteiger partial charge in [-0.2, -0.15) is 0 Å². The van der Waals surface area contributed by atoms with Gasteiger partial charge in [-0.05, 0) is 44.7 Å². The maximum absolute atomic E-state index is 12.0. The lowest BCUT2D eigenvalue weighted by Crippen LogP contribution is -2.38. The second-order valence-corrected chi connectivity index (χ2v) is 6.70. The molecule has 0 spiro atoms. The summed E-state index contributed by atoms with van der Waals surface area (Å²) >= 11 is 1.71. The van der Waals surface area contributed by atoms with Crippen LogP contribution in [-0.4, -0.2) is 29.9 Å². The van der Waals surface area contributed by atoms with E-state index < -0.39 is 0 Å². The van der Waals surface area contributed by atoms with Crippen LogP contribution >= 0.6 is 11.3 Å². The lowest BCUT2D eigenvalue weighted by Gasteiger charge is -2.22. The number of thiophene rings is 1. The number of carbonyl (C=O) groups excluding carboxylic acids is 1. The highest BCUT2D eigenvalue weighted by Crippen LogP contribution is 2.17. The Hall–Kier alpha value is -0.870. The molecule has 1 aromatic heterocycles. The van der Waals surface area contributed by atoms with Crippen molar-refractivity contribution >= 4 is 17.2 Å². The summed E-state index contributed by atoms with van der Waals surface area (Å²) in [7, 11) is 1.87. The van der Waals surface area contributed by atoms with Crippen LogP contribution in [0.1, 0.15) is 37.6 Å². The average Bonchev–Trinajstić information content (AvgIpc) is 2.62. The first-order valence-electron chi connectivity index (χ1n) is 6.31. The molecule has 0 aliphatic rings. The molecule has 0 aliphatic heterocycles. The van der Waals surface area contributed by atoms with Gasteiger partial charge in [0.2, 0.25) is 5.91 Å². The maximum atomic E-state index is 12.0. The molecule has 0 aromatic carbocycles. The van der Waals surface area contributed by atoms with Crippen molar-refractivity contribution < 1.29 is 4.79 Å². The lowest BCUT2D eigenvalue weighted by molar-refractivity contribution is -0.130. The van der Waals surface area contributed by atoms with Gasteiger partial charge >= 0.3 is 0 Å². The van der Waals surface area contributed by atoms with Crippen molar-refractivity contribution in [3.8, 4) is 0 Å². The minimum absolute atomic E-state index is 0.0726. The zero-order valence-electron chi connectivity index (χ0n) is 12.0. The number of amides is 1. The molecule has 4 heteroatoms. The van der Waals surface area contributed by atoms with Gasteiger partial charge in [-0.15, -0.1) is 11.3 Å². The minimum atomic E-state index is 0.0726. The number of hydrogen-bond acceptors (Lipinski definition) is 3. The highest BCUT2D eigenvalue weighted by molar-refractivity contribution is 7.10. The largest absolute Gasteiger partial charge is 0.341 e. The van der Waals surface area contributed by atoms with Gasteiger partial charge in [-0.1, -0.05) is 0 Å². The zero-order chi connectivity index (χ0) is 13.8. The Labute approximate surface area is 114 Å². The topological polar surface area (TPSA) is 32.3 Å². The number of aryl methyl sites for hydroxylation is 1. The van der Waals surface area contributed by atoms with Crippen molar-refractivity contribution in [1.82, 2.24) is 10.2 Å². The van der Waals surface area contributed by atoms with E-state index in [0.29, 0.717) is 6.42 Å². The first-order valence-corrected chi connectivity index (χ1v) is 7.19. The molecule has 1 amide bonds. The Morgan fingerprint density at radius 1 is 1.44 bits per heavy atom. The van der Waals surface area contributed by atoms with Crippen LogP contribution in [0, 0.1) is 6.92 Å². The molecule has 102 valence electrons. The fourth-order valence-electron chi connectivity index (χ4n) is 1.60. The first kappa shape index (κ1) is 15.2. The highest BCUT2D eigenvalue weighted by atomic mass is 32.1. The predicted molar refractivity (Wildman–Crippen MR) is 77.9 cm³/mol. The molecule has 3 nitrogen and oxygen atoms in total. The van der Waals surface area contributed by atoms with E-state index in [4.69, 9.17) is 0 Å². The molecule has 0 bridgehead atoms. The summed E-state index contributed by atoms with van der Waals surface area (Å²) in [5.41, 5.74) is 1.34. The molecule has 18 heavy (non-hydrogen) atoms. The summed E-state index contributed by atoms with van der Waals surface area (Å²) in [5, 5.41) is 5.41. The van der Waals surface area contributed by atoms with Gasteiger partial charge in [0.05, 0.1) is 6.54 Å². The van der Waals surface area contributed by atoms with Crippen LogP contribution < -0.4 is 5.32 Å². The summed E-state index contributed by atoms with van der Waals surface area (Å²) < 4.78 is 0. The van der Waals surface area contributed by atoms with Crippen LogP contribution in [0.4, 0.5) is 0 Å². The van der Waals surface area contributed by atoms with E-state index in [9.17, 15) is 4.79 Å². The predicted octanol–water partition coefficient (Wildman–Crippen LogP) is 2.79. The van der Waals surface area contributed by atoms with Crippen molar-refractivity contribution in [2.75, 3.05) is 13.6 Å². The normalized spacial score (nSPS) is 11.6. The number of hydrogen-bond donors (Lipinski definition) is 1. The van der Waals surface area contributed by atoms with E-state index in [2.05, 4.69) is 44.5 Å². The molecule has 0 fully saturated rings. The SMILES string of the molecule is Cc1ccsc1CN(C)C(=O)CCNC(C)(C)C. The number of nitrogens with zero attached hydrogens (tertiary/aromatic N) is 1. The second-order valence-electron chi connectivity index (χ2n) is 5.70. The first-order chi connectivity index (χ1) is 8.29. The molecular formula is C14H24N2OS. The zero-order valence-corrected chi connectivity index (χ0v) is 12.9. The standard InChI is InChI=1S/C14H24N2OS/c1-11-7-9-18-12(11)10-16(5)13(17)6-8-15-14(2,3)4/h7,9,15H,6,8,10H2,1-5H3. The molecule has 1 heterocycles. The average molecular weight is 268 g/mol. The van der Waals surface area contributed by atoms with Gasteiger partial charge in [0.25, 0.3) is 0 Å². The van der Waals surface area contributed by atoms with Gasteiger partial charge in [-0.25, -0.2) is 0 Å². The third-order valence-electron chi connectivity index (χ3n) is 2.77. The lowest BCUT2D eigenvalue weighted by atomic mass is 10.1. The van der Waals surface area contributed by atoms with Crippen molar-refractivity contribution in [3.05, 3.63) is 21.9 Å². The fourth-order valence-corrected chi connectivity index (χ4v) is 2.56. The van der Waals surface area contributed by atoms with Crippen LogP contribution in [-0.2, 0) is 11.3 Å². The van der Waals surface area contributed by atoms with Gasteiger partial charge in [0.1, 0.15) is 0 Å². The Morgan fingerprint density at radius 3 is 2.61 bits per heavy atom. The number of carbonyl (C=O) groups is 1. The van der Waals surface area contributed by atoms with Gasteiger partial charge in [0.15, 0.2) is 0 Å². The van der Waals surface area contributed by atoms with E-state index in [1.54, 1.807) is 11.3 Å². The van der Waals surface area contributed by atoms with Crippen LogP contribution in [0.3, 0.4) is 0 Å². The molecule has 0 aliphatic carbocycles.